The van der Waals surface area contributed by atoms with E-state index < -0.39 is 16.1 Å². The highest BCUT2D eigenvalue weighted by Gasteiger charge is 2.39. The lowest BCUT2D eigenvalue weighted by Gasteiger charge is -2.26. The molecular weight excluding hydrogens is 340 g/mol. The molecule has 1 aromatic carbocycles. The third kappa shape index (κ3) is 3.04. The van der Waals surface area contributed by atoms with Crippen LogP contribution in [-0.4, -0.2) is 50.2 Å². The highest BCUT2D eigenvalue weighted by Crippen LogP contribution is 2.32. The molecule has 0 aromatic heterocycles. The van der Waals surface area contributed by atoms with Crippen molar-refractivity contribution in [1.82, 2.24) is 10.2 Å². The van der Waals surface area contributed by atoms with Crippen molar-refractivity contribution in [3.8, 4) is 0 Å². The van der Waals surface area contributed by atoms with Crippen LogP contribution in [0.3, 0.4) is 0 Å². The summed E-state index contributed by atoms with van der Waals surface area (Å²) in [6.07, 6.45) is 3.79. The summed E-state index contributed by atoms with van der Waals surface area (Å²) in [7, 11) is -3.68. The van der Waals surface area contributed by atoms with Gasteiger partial charge in [-0.3, -0.25) is 4.79 Å². The first-order valence-corrected chi connectivity index (χ1v) is 10.2. The lowest BCUT2D eigenvalue weighted by atomic mass is 10.1. The number of carbonyl (C=O) groups is 1. The predicted molar refractivity (Wildman–Crippen MR) is 93.6 cm³/mol. The number of likely N-dealkylation sites (tertiary alicyclic amines) is 1. The molecule has 0 radical (unpaired) electrons. The molecule has 2 atom stereocenters. The topological polar surface area (TPSA) is 105 Å². The van der Waals surface area contributed by atoms with Crippen molar-refractivity contribution < 1.29 is 13.2 Å². The van der Waals surface area contributed by atoms with Gasteiger partial charge < -0.3 is 16.0 Å². The number of nitrogens with two attached hydrogens (primary N) is 1. The second kappa shape index (κ2) is 6.10. The van der Waals surface area contributed by atoms with Gasteiger partial charge in [0.1, 0.15) is 10.9 Å². The largest absolute Gasteiger partial charge is 0.353 e. The molecule has 0 bridgehead atoms. The molecule has 1 amide bonds. The number of fused-ring (bicyclic) bond motifs is 1. The standard InChI is InChI=1S/C17H22N4O3S/c18-13(11-7-8-11)10-19-17(22)14-5-3-9-21(14)16-12-4-1-2-6-15(12)25(23,24)20-16/h1-2,4,6,11,13-14H,3,5,7-10,18H2,(H,19,22). The van der Waals surface area contributed by atoms with E-state index in [4.69, 9.17) is 5.73 Å². The molecule has 1 saturated carbocycles. The molecule has 2 aliphatic heterocycles. The van der Waals surface area contributed by atoms with Crippen molar-refractivity contribution in [3.05, 3.63) is 29.8 Å². The van der Waals surface area contributed by atoms with E-state index in [-0.39, 0.29) is 16.8 Å². The number of amides is 1. The Balaban J connectivity index is 1.53. The minimum atomic E-state index is -3.68. The third-order valence-electron chi connectivity index (χ3n) is 5.18. The lowest BCUT2D eigenvalue weighted by Crippen LogP contribution is -2.48. The smallest absolute Gasteiger partial charge is 0.285 e. The number of benzene rings is 1. The minimum Gasteiger partial charge on any atom is -0.353 e. The van der Waals surface area contributed by atoms with Gasteiger partial charge >= 0.3 is 0 Å². The van der Waals surface area contributed by atoms with Crippen LogP contribution in [0, 0.1) is 5.92 Å². The van der Waals surface area contributed by atoms with Crippen molar-refractivity contribution in [2.75, 3.05) is 13.1 Å². The highest BCUT2D eigenvalue weighted by molar-refractivity contribution is 7.90. The van der Waals surface area contributed by atoms with Gasteiger partial charge in [-0.2, -0.15) is 8.42 Å². The van der Waals surface area contributed by atoms with Gasteiger partial charge in [0.25, 0.3) is 10.0 Å². The Morgan fingerprint density at radius 3 is 2.84 bits per heavy atom. The van der Waals surface area contributed by atoms with Gasteiger partial charge in [-0.15, -0.1) is 4.40 Å². The normalized spacial score (nSPS) is 25.4. The van der Waals surface area contributed by atoms with Crippen LogP contribution in [0.4, 0.5) is 0 Å². The number of amidine groups is 1. The first-order valence-electron chi connectivity index (χ1n) is 8.72. The molecule has 1 saturated heterocycles. The Bertz CT molecular complexity index is 832. The van der Waals surface area contributed by atoms with Crippen LogP contribution in [0.25, 0.3) is 0 Å². The maximum absolute atomic E-state index is 12.6. The van der Waals surface area contributed by atoms with Crippen LogP contribution in [-0.2, 0) is 14.8 Å². The molecule has 8 heteroatoms. The number of rotatable bonds is 4. The molecule has 134 valence electrons. The van der Waals surface area contributed by atoms with Crippen LogP contribution >= 0.6 is 0 Å². The Kier molecular flexibility index (Phi) is 4.04. The maximum Gasteiger partial charge on any atom is 0.285 e. The molecule has 4 rings (SSSR count). The summed E-state index contributed by atoms with van der Waals surface area (Å²) >= 11 is 0. The number of nitrogens with one attached hydrogen (secondary N) is 1. The fourth-order valence-electron chi connectivity index (χ4n) is 3.62. The molecule has 0 spiro atoms. The van der Waals surface area contributed by atoms with Crippen molar-refractivity contribution in [1.29, 1.82) is 0 Å². The summed E-state index contributed by atoms with van der Waals surface area (Å²) in [5.41, 5.74) is 6.63. The fraction of sp³-hybridized carbons (Fsp3) is 0.529. The zero-order valence-electron chi connectivity index (χ0n) is 13.9. The molecule has 3 N–H and O–H groups in total. The molecule has 1 aliphatic carbocycles. The summed E-state index contributed by atoms with van der Waals surface area (Å²) in [4.78, 5) is 14.7. The van der Waals surface area contributed by atoms with Crippen molar-refractivity contribution in [2.24, 2.45) is 16.0 Å². The van der Waals surface area contributed by atoms with Crippen LogP contribution in [0.15, 0.2) is 33.6 Å². The molecule has 25 heavy (non-hydrogen) atoms. The van der Waals surface area contributed by atoms with Gasteiger partial charge in [-0.25, -0.2) is 0 Å². The van der Waals surface area contributed by atoms with Crippen LogP contribution in [0.5, 0.6) is 0 Å². The zero-order valence-corrected chi connectivity index (χ0v) is 14.7. The Labute approximate surface area is 147 Å². The van der Waals surface area contributed by atoms with Crippen molar-refractivity contribution >= 4 is 21.8 Å². The molecule has 7 nitrogen and oxygen atoms in total. The maximum atomic E-state index is 12.6. The van der Waals surface area contributed by atoms with E-state index in [2.05, 4.69) is 9.71 Å². The van der Waals surface area contributed by atoms with E-state index >= 15 is 0 Å². The lowest BCUT2D eigenvalue weighted by molar-refractivity contribution is -0.124. The van der Waals surface area contributed by atoms with E-state index in [1.165, 1.54) is 0 Å². The number of carbonyl (C=O) groups excluding carboxylic acids is 1. The quantitative estimate of drug-likeness (QED) is 0.809. The predicted octanol–water partition coefficient (Wildman–Crippen LogP) is 0.453. The van der Waals surface area contributed by atoms with E-state index in [1.807, 2.05) is 4.90 Å². The SMILES string of the molecule is NC(CNC(=O)C1CCCN1C1=NS(=O)(=O)c2ccccc21)C1CC1. The van der Waals surface area contributed by atoms with E-state index in [9.17, 15) is 13.2 Å². The van der Waals surface area contributed by atoms with Gasteiger partial charge in [0, 0.05) is 24.7 Å². The second-order valence-corrected chi connectivity index (χ2v) is 8.56. The van der Waals surface area contributed by atoms with E-state index in [0.717, 1.165) is 19.3 Å². The first-order chi connectivity index (χ1) is 12.0. The number of hydrogen-bond acceptors (Lipinski definition) is 5. The first kappa shape index (κ1) is 16.5. The molecule has 2 fully saturated rings. The van der Waals surface area contributed by atoms with Crippen LogP contribution in [0.1, 0.15) is 31.2 Å². The van der Waals surface area contributed by atoms with Gasteiger partial charge in [-0.1, -0.05) is 12.1 Å². The van der Waals surface area contributed by atoms with E-state index in [1.54, 1.807) is 24.3 Å². The Morgan fingerprint density at radius 1 is 1.32 bits per heavy atom. The summed E-state index contributed by atoms with van der Waals surface area (Å²) in [6, 6.07) is 6.38. The molecular formula is C17H22N4O3S. The summed E-state index contributed by atoms with van der Waals surface area (Å²) < 4.78 is 28.5. The van der Waals surface area contributed by atoms with Crippen molar-refractivity contribution in [2.45, 2.75) is 42.7 Å². The van der Waals surface area contributed by atoms with Gasteiger partial charge in [0.2, 0.25) is 5.91 Å². The molecule has 2 heterocycles. The summed E-state index contributed by atoms with van der Waals surface area (Å²) in [5, 5.41) is 2.93. The summed E-state index contributed by atoms with van der Waals surface area (Å²) in [5.74, 6) is 0.814. The average molecular weight is 362 g/mol. The fourth-order valence-corrected chi connectivity index (χ4v) is 4.83. The minimum absolute atomic E-state index is 0.00345. The number of hydrogen-bond donors (Lipinski definition) is 2. The summed E-state index contributed by atoms with van der Waals surface area (Å²) in [6.45, 7) is 1.09. The van der Waals surface area contributed by atoms with E-state index in [0.29, 0.717) is 36.8 Å². The molecule has 1 aromatic rings. The van der Waals surface area contributed by atoms with Gasteiger partial charge in [-0.05, 0) is 43.7 Å². The highest BCUT2D eigenvalue weighted by atomic mass is 32.2. The Morgan fingerprint density at radius 2 is 2.08 bits per heavy atom. The Hall–Kier alpha value is -1.93. The molecule has 3 aliphatic rings. The number of sulfonamides is 1. The average Bonchev–Trinajstić information content (AvgIpc) is 3.27. The third-order valence-corrected chi connectivity index (χ3v) is 6.50. The van der Waals surface area contributed by atoms with Crippen LogP contribution in [0.2, 0.25) is 0 Å². The monoisotopic (exact) mass is 362 g/mol. The second-order valence-electron chi connectivity index (χ2n) is 6.98. The van der Waals surface area contributed by atoms with Crippen molar-refractivity contribution in [3.63, 3.8) is 0 Å². The zero-order chi connectivity index (χ0) is 17.6. The van der Waals surface area contributed by atoms with Gasteiger partial charge in [0.05, 0.1) is 0 Å². The molecule has 2 unspecified atom stereocenters. The number of nitrogens with zero attached hydrogens (tertiary/aromatic N) is 2. The van der Waals surface area contributed by atoms with Crippen LogP contribution < -0.4 is 11.1 Å². The van der Waals surface area contributed by atoms with Gasteiger partial charge in [0.15, 0.2) is 5.84 Å².